The Kier molecular flexibility index (Phi) is 2.59. The van der Waals surface area contributed by atoms with Crippen molar-refractivity contribution in [2.24, 2.45) is 0 Å². The van der Waals surface area contributed by atoms with Crippen molar-refractivity contribution in [3.8, 4) is 0 Å². The quantitative estimate of drug-likeness (QED) is 0.794. The van der Waals surface area contributed by atoms with Gasteiger partial charge in [-0.1, -0.05) is 28.9 Å². The molecule has 0 N–H and O–H groups in total. The van der Waals surface area contributed by atoms with Gasteiger partial charge < -0.3 is 4.90 Å². The van der Waals surface area contributed by atoms with Crippen molar-refractivity contribution in [1.82, 2.24) is 4.90 Å². The van der Waals surface area contributed by atoms with Crippen LogP contribution in [0.2, 0.25) is 0 Å². The number of hydrogen-bond acceptors (Lipinski definition) is 1. The molecule has 0 aromatic heterocycles. The van der Waals surface area contributed by atoms with Crippen LogP contribution < -0.4 is 0 Å². The molecule has 14 heavy (non-hydrogen) atoms. The standard InChI is InChI=1S/C11H12BrNO/c1-2-6-13-7-9-8(11(13)14)4-3-5-10(9)12/h3-5H,2,6-7H2,1H3. The molecule has 0 aliphatic carbocycles. The SMILES string of the molecule is CCCN1Cc2c(Br)cccc2C1=O. The lowest BCUT2D eigenvalue weighted by atomic mass is 10.1. The smallest absolute Gasteiger partial charge is 0.254 e. The summed E-state index contributed by atoms with van der Waals surface area (Å²) in [7, 11) is 0. The number of halogens is 1. The average Bonchev–Trinajstić information content (AvgIpc) is 2.48. The van der Waals surface area contributed by atoms with E-state index >= 15 is 0 Å². The number of amides is 1. The van der Waals surface area contributed by atoms with E-state index in [1.54, 1.807) is 0 Å². The maximum absolute atomic E-state index is 11.8. The van der Waals surface area contributed by atoms with Crippen molar-refractivity contribution in [1.29, 1.82) is 0 Å². The molecule has 0 saturated heterocycles. The molecule has 74 valence electrons. The highest BCUT2D eigenvalue weighted by Gasteiger charge is 2.27. The molecule has 1 amide bonds. The minimum atomic E-state index is 0.170. The summed E-state index contributed by atoms with van der Waals surface area (Å²) in [6.07, 6.45) is 1.01. The molecular formula is C11H12BrNO. The first-order chi connectivity index (χ1) is 6.74. The Bertz CT molecular complexity index is 376. The molecule has 1 aliphatic heterocycles. The Labute approximate surface area is 92.0 Å². The maximum Gasteiger partial charge on any atom is 0.254 e. The number of hydrogen-bond donors (Lipinski definition) is 0. The molecule has 1 aromatic carbocycles. The third-order valence-corrected chi connectivity index (χ3v) is 3.22. The number of fused-ring (bicyclic) bond motifs is 1. The van der Waals surface area contributed by atoms with Gasteiger partial charge in [0.05, 0.1) is 0 Å². The zero-order valence-electron chi connectivity index (χ0n) is 8.09. The molecule has 1 aromatic rings. The second-order valence-electron chi connectivity index (χ2n) is 3.49. The molecule has 1 aliphatic rings. The topological polar surface area (TPSA) is 20.3 Å². The molecule has 0 saturated carbocycles. The van der Waals surface area contributed by atoms with E-state index < -0.39 is 0 Å². The lowest BCUT2D eigenvalue weighted by Gasteiger charge is -2.13. The predicted molar refractivity (Wildman–Crippen MR) is 59.2 cm³/mol. The molecule has 2 nitrogen and oxygen atoms in total. The molecule has 0 spiro atoms. The van der Waals surface area contributed by atoms with Gasteiger partial charge in [0.25, 0.3) is 5.91 Å². The summed E-state index contributed by atoms with van der Waals surface area (Å²) in [4.78, 5) is 13.7. The second-order valence-corrected chi connectivity index (χ2v) is 4.35. The zero-order valence-corrected chi connectivity index (χ0v) is 9.67. The van der Waals surface area contributed by atoms with Crippen LogP contribution >= 0.6 is 15.9 Å². The van der Waals surface area contributed by atoms with E-state index in [4.69, 9.17) is 0 Å². The van der Waals surface area contributed by atoms with E-state index in [9.17, 15) is 4.79 Å². The van der Waals surface area contributed by atoms with Crippen LogP contribution in [0.5, 0.6) is 0 Å². The van der Waals surface area contributed by atoms with Crippen LogP contribution in [-0.4, -0.2) is 17.4 Å². The van der Waals surface area contributed by atoms with Crippen LogP contribution in [0.4, 0.5) is 0 Å². The Morgan fingerprint density at radius 2 is 2.29 bits per heavy atom. The van der Waals surface area contributed by atoms with Crippen LogP contribution in [0.25, 0.3) is 0 Å². The Balaban J connectivity index is 2.35. The third-order valence-electron chi connectivity index (χ3n) is 2.48. The van der Waals surface area contributed by atoms with E-state index in [1.165, 1.54) is 0 Å². The molecule has 0 unspecified atom stereocenters. The largest absolute Gasteiger partial charge is 0.334 e. The summed E-state index contributed by atoms with van der Waals surface area (Å²) in [6, 6.07) is 5.80. The molecule has 3 heteroatoms. The van der Waals surface area contributed by atoms with Crippen molar-refractivity contribution >= 4 is 21.8 Å². The van der Waals surface area contributed by atoms with Crippen LogP contribution in [-0.2, 0) is 6.54 Å². The highest BCUT2D eigenvalue weighted by atomic mass is 79.9. The highest BCUT2D eigenvalue weighted by Crippen LogP contribution is 2.29. The molecule has 0 radical (unpaired) electrons. The molecule has 1 heterocycles. The van der Waals surface area contributed by atoms with Crippen LogP contribution in [0.1, 0.15) is 29.3 Å². The fourth-order valence-electron chi connectivity index (χ4n) is 1.80. The summed E-state index contributed by atoms with van der Waals surface area (Å²) in [5.74, 6) is 0.170. The van der Waals surface area contributed by atoms with E-state index in [1.807, 2.05) is 23.1 Å². The second kappa shape index (κ2) is 3.73. The summed E-state index contributed by atoms with van der Waals surface area (Å²) < 4.78 is 1.04. The van der Waals surface area contributed by atoms with Gasteiger partial charge in [-0.15, -0.1) is 0 Å². The lowest BCUT2D eigenvalue weighted by Crippen LogP contribution is -2.24. The highest BCUT2D eigenvalue weighted by molar-refractivity contribution is 9.10. The molecule has 0 fully saturated rings. The molecule has 0 bridgehead atoms. The average molecular weight is 254 g/mol. The van der Waals surface area contributed by atoms with Gasteiger partial charge in [-0.25, -0.2) is 0 Å². The lowest BCUT2D eigenvalue weighted by molar-refractivity contribution is 0.0778. The van der Waals surface area contributed by atoms with Gasteiger partial charge in [-0.05, 0) is 24.1 Å². The van der Waals surface area contributed by atoms with Crippen LogP contribution in [0.15, 0.2) is 22.7 Å². The van der Waals surface area contributed by atoms with E-state index in [-0.39, 0.29) is 5.91 Å². The van der Waals surface area contributed by atoms with E-state index in [0.717, 1.165) is 35.1 Å². The number of carbonyl (C=O) groups is 1. The van der Waals surface area contributed by atoms with E-state index in [0.29, 0.717) is 0 Å². The van der Waals surface area contributed by atoms with Crippen LogP contribution in [0, 0.1) is 0 Å². The number of carbonyl (C=O) groups excluding carboxylic acids is 1. The van der Waals surface area contributed by atoms with Crippen LogP contribution in [0.3, 0.4) is 0 Å². The van der Waals surface area contributed by atoms with Gasteiger partial charge in [-0.2, -0.15) is 0 Å². The molecular weight excluding hydrogens is 242 g/mol. The van der Waals surface area contributed by atoms with Gasteiger partial charge in [0.15, 0.2) is 0 Å². The minimum absolute atomic E-state index is 0.170. The first-order valence-corrected chi connectivity index (χ1v) is 5.60. The van der Waals surface area contributed by atoms with Crippen molar-refractivity contribution in [3.05, 3.63) is 33.8 Å². The fourth-order valence-corrected chi connectivity index (χ4v) is 2.29. The summed E-state index contributed by atoms with van der Waals surface area (Å²) >= 11 is 3.47. The minimum Gasteiger partial charge on any atom is -0.334 e. The van der Waals surface area contributed by atoms with Gasteiger partial charge in [0.2, 0.25) is 0 Å². The third kappa shape index (κ3) is 1.46. The fraction of sp³-hybridized carbons (Fsp3) is 0.364. The molecule has 2 rings (SSSR count). The van der Waals surface area contributed by atoms with Crippen molar-refractivity contribution in [3.63, 3.8) is 0 Å². The first-order valence-electron chi connectivity index (χ1n) is 4.80. The number of rotatable bonds is 2. The van der Waals surface area contributed by atoms with Crippen molar-refractivity contribution in [2.45, 2.75) is 19.9 Å². The summed E-state index contributed by atoms with van der Waals surface area (Å²) in [5, 5.41) is 0. The van der Waals surface area contributed by atoms with Gasteiger partial charge >= 0.3 is 0 Å². The van der Waals surface area contributed by atoms with Gasteiger partial charge in [0, 0.05) is 23.1 Å². The van der Waals surface area contributed by atoms with E-state index in [2.05, 4.69) is 22.9 Å². The van der Waals surface area contributed by atoms with Gasteiger partial charge in [-0.3, -0.25) is 4.79 Å². The summed E-state index contributed by atoms with van der Waals surface area (Å²) in [6.45, 7) is 3.69. The Morgan fingerprint density at radius 3 is 2.93 bits per heavy atom. The first kappa shape index (κ1) is 9.71. The normalized spacial score (nSPS) is 14.7. The summed E-state index contributed by atoms with van der Waals surface area (Å²) in [5.41, 5.74) is 1.98. The zero-order chi connectivity index (χ0) is 10.1. The van der Waals surface area contributed by atoms with Gasteiger partial charge in [0.1, 0.15) is 0 Å². The number of nitrogens with zero attached hydrogens (tertiary/aromatic N) is 1. The number of benzene rings is 1. The van der Waals surface area contributed by atoms with Crippen molar-refractivity contribution < 1.29 is 4.79 Å². The maximum atomic E-state index is 11.8. The monoisotopic (exact) mass is 253 g/mol. The Hall–Kier alpha value is -0.830. The Morgan fingerprint density at radius 1 is 1.50 bits per heavy atom. The van der Waals surface area contributed by atoms with Crippen molar-refractivity contribution in [2.75, 3.05) is 6.54 Å². The predicted octanol–water partition coefficient (Wildman–Crippen LogP) is 2.81. The molecule has 0 atom stereocenters.